The summed E-state index contributed by atoms with van der Waals surface area (Å²) < 4.78 is 0. The Balaban J connectivity index is 1.69. The molecule has 2 unspecified atom stereocenters. The lowest BCUT2D eigenvalue weighted by Gasteiger charge is -2.33. The standard InChI is InChI=1S/C18H27N3/c1-15-6-3-4-12-21(15)13-5-11-20-16(2)18-9-7-17(14-19)8-10-18/h7-10,15-16,20H,3-6,11-13H2,1-2H3. The Morgan fingerprint density at radius 1 is 1.33 bits per heavy atom. The number of rotatable bonds is 6. The Kier molecular flexibility index (Phi) is 6.22. The van der Waals surface area contributed by atoms with Crippen molar-refractivity contribution in [3.8, 4) is 6.07 Å². The van der Waals surface area contributed by atoms with E-state index in [2.05, 4.69) is 30.1 Å². The summed E-state index contributed by atoms with van der Waals surface area (Å²) in [6.45, 7) is 8.06. The van der Waals surface area contributed by atoms with Crippen LogP contribution in [0.25, 0.3) is 0 Å². The van der Waals surface area contributed by atoms with Crippen LogP contribution in [0, 0.1) is 11.3 Å². The maximum absolute atomic E-state index is 8.82. The van der Waals surface area contributed by atoms with E-state index >= 15 is 0 Å². The van der Waals surface area contributed by atoms with Crippen molar-refractivity contribution in [2.24, 2.45) is 0 Å². The van der Waals surface area contributed by atoms with Crippen LogP contribution in [-0.4, -0.2) is 30.6 Å². The van der Waals surface area contributed by atoms with Gasteiger partial charge in [-0.05, 0) is 70.4 Å². The normalized spacial score (nSPS) is 20.9. The lowest BCUT2D eigenvalue weighted by atomic mass is 10.0. The van der Waals surface area contributed by atoms with Gasteiger partial charge in [0, 0.05) is 12.1 Å². The van der Waals surface area contributed by atoms with Crippen molar-refractivity contribution in [3.05, 3.63) is 35.4 Å². The molecule has 1 saturated heterocycles. The fourth-order valence-corrected chi connectivity index (χ4v) is 3.05. The molecule has 0 radical (unpaired) electrons. The number of benzene rings is 1. The van der Waals surface area contributed by atoms with Crippen LogP contribution in [0.1, 0.15) is 56.7 Å². The average molecular weight is 285 g/mol. The number of hydrogen-bond donors (Lipinski definition) is 1. The molecule has 0 spiro atoms. The molecule has 3 nitrogen and oxygen atoms in total. The highest BCUT2D eigenvalue weighted by molar-refractivity contribution is 5.32. The summed E-state index contributed by atoms with van der Waals surface area (Å²) in [5.41, 5.74) is 1.98. The quantitative estimate of drug-likeness (QED) is 0.813. The van der Waals surface area contributed by atoms with Gasteiger partial charge in [-0.3, -0.25) is 0 Å². The second kappa shape index (κ2) is 8.17. The Hall–Kier alpha value is -1.37. The molecule has 1 heterocycles. The van der Waals surface area contributed by atoms with Crippen molar-refractivity contribution in [1.82, 2.24) is 10.2 Å². The molecule has 3 heteroatoms. The van der Waals surface area contributed by atoms with Crippen molar-refractivity contribution >= 4 is 0 Å². The summed E-state index contributed by atoms with van der Waals surface area (Å²) in [7, 11) is 0. The van der Waals surface area contributed by atoms with E-state index in [9.17, 15) is 0 Å². The number of piperidine rings is 1. The molecule has 1 aliphatic heterocycles. The zero-order valence-electron chi connectivity index (χ0n) is 13.3. The van der Waals surface area contributed by atoms with Crippen LogP contribution >= 0.6 is 0 Å². The number of nitrogens with one attached hydrogen (secondary N) is 1. The number of likely N-dealkylation sites (tertiary alicyclic amines) is 1. The lowest BCUT2D eigenvalue weighted by molar-refractivity contribution is 0.158. The van der Waals surface area contributed by atoms with Gasteiger partial charge in [0.25, 0.3) is 0 Å². The van der Waals surface area contributed by atoms with Gasteiger partial charge < -0.3 is 10.2 Å². The summed E-state index contributed by atoms with van der Waals surface area (Å²) >= 11 is 0. The molecule has 0 aromatic heterocycles. The molecule has 0 aliphatic carbocycles. The first-order chi connectivity index (χ1) is 10.2. The van der Waals surface area contributed by atoms with Gasteiger partial charge >= 0.3 is 0 Å². The second-order valence-corrected chi connectivity index (χ2v) is 6.14. The van der Waals surface area contributed by atoms with E-state index in [1.54, 1.807) is 0 Å². The molecule has 114 valence electrons. The van der Waals surface area contributed by atoms with Gasteiger partial charge in [0.15, 0.2) is 0 Å². The Labute approximate surface area is 129 Å². The van der Waals surface area contributed by atoms with Crippen LogP contribution in [0.4, 0.5) is 0 Å². The van der Waals surface area contributed by atoms with Gasteiger partial charge in [-0.25, -0.2) is 0 Å². The van der Waals surface area contributed by atoms with E-state index in [0.717, 1.165) is 18.2 Å². The van der Waals surface area contributed by atoms with Crippen molar-refractivity contribution in [1.29, 1.82) is 5.26 Å². The van der Waals surface area contributed by atoms with E-state index < -0.39 is 0 Å². The van der Waals surface area contributed by atoms with E-state index in [1.165, 1.54) is 44.3 Å². The third-order valence-electron chi connectivity index (χ3n) is 4.55. The van der Waals surface area contributed by atoms with Gasteiger partial charge in [-0.15, -0.1) is 0 Å². The number of nitrogens with zero attached hydrogens (tertiary/aromatic N) is 2. The minimum Gasteiger partial charge on any atom is -0.310 e. The van der Waals surface area contributed by atoms with Gasteiger partial charge in [0.2, 0.25) is 0 Å². The van der Waals surface area contributed by atoms with Gasteiger partial charge in [0.1, 0.15) is 0 Å². The molecular weight excluding hydrogens is 258 g/mol. The monoisotopic (exact) mass is 285 g/mol. The second-order valence-electron chi connectivity index (χ2n) is 6.14. The lowest BCUT2D eigenvalue weighted by Crippen LogP contribution is -2.39. The number of nitriles is 1. The molecule has 1 aromatic carbocycles. The van der Waals surface area contributed by atoms with Crippen LogP contribution in [0.5, 0.6) is 0 Å². The summed E-state index contributed by atoms with van der Waals surface area (Å²) in [5.74, 6) is 0. The first-order valence-electron chi connectivity index (χ1n) is 8.18. The van der Waals surface area contributed by atoms with Crippen LogP contribution in [0.15, 0.2) is 24.3 Å². The van der Waals surface area contributed by atoms with Gasteiger partial charge in [0.05, 0.1) is 11.6 Å². The van der Waals surface area contributed by atoms with E-state index in [-0.39, 0.29) is 0 Å². The molecule has 2 atom stereocenters. The highest BCUT2D eigenvalue weighted by atomic mass is 15.2. The molecular formula is C18H27N3. The molecule has 1 fully saturated rings. The summed E-state index contributed by atoms with van der Waals surface area (Å²) in [6.07, 6.45) is 5.31. The third-order valence-corrected chi connectivity index (χ3v) is 4.55. The van der Waals surface area contributed by atoms with Crippen molar-refractivity contribution in [2.45, 2.75) is 51.6 Å². The smallest absolute Gasteiger partial charge is 0.0991 e. The predicted molar refractivity (Wildman–Crippen MR) is 87.1 cm³/mol. The van der Waals surface area contributed by atoms with E-state index in [4.69, 9.17) is 5.26 Å². The Bertz CT molecular complexity index is 460. The van der Waals surface area contributed by atoms with E-state index in [1.807, 2.05) is 24.3 Å². The predicted octanol–water partition coefficient (Wildman–Crippen LogP) is 3.47. The minimum atomic E-state index is 0.344. The molecule has 0 bridgehead atoms. The molecule has 2 rings (SSSR count). The Morgan fingerprint density at radius 2 is 2.10 bits per heavy atom. The highest BCUT2D eigenvalue weighted by Gasteiger charge is 2.17. The summed E-state index contributed by atoms with van der Waals surface area (Å²) in [4.78, 5) is 2.62. The third kappa shape index (κ3) is 4.84. The van der Waals surface area contributed by atoms with Crippen LogP contribution in [0.3, 0.4) is 0 Å². The fourth-order valence-electron chi connectivity index (χ4n) is 3.05. The summed E-state index contributed by atoms with van der Waals surface area (Å²) in [5, 5.41) is 12.4. The maximum atomic E-state index is 8.82. The highest BCUT2D eigenvalue weighted by Crippen LogP contribution is 2.16. The SMILES string of the molecule is CC(NCCCN1CCCCC1C)c1ccc(C#N)cc1. The first-order valence-corrected chi connectivity index (χ1v) is 8.18. The Morgan fingerprint density at radius 3 is 2.76 bits per heavy atom. The van der Waals surface area contributed by atoms with Crippen LogP contribution in [-0.2, 0) is 0 Å². The molecule has 1 aromatic rings. The average Bonchev–Trinajstić information content (AvgIpc) is 2.53. The fraction of sp³-hybridized carbons (Fsp3) is 0.611. The number of hydrogen-bond acceptors (Lipinski definition) is 3. The van der Waals surface area contributed by atoms with Crippen molar-refractivity contribution in [2.75, 3.05) is 19.6 Å². The molecule has 0 amide bonds. The summed E-state index contributed by atoms with van der Waals surface area (Å²) in [6, 6.07) is 11.1. The minimum absolute atomic E-state index is 0.344. The maximum Gasteiger partial charge on any atom is 0.0991 e. The van der Waals surface area contributed by atoms with Gasteiger partial charge in [-0.2, -0.15) is 5.26 Å². The van der Waals surface area contributed by atoms with Crippen molar-refractivity contribution < 1.29 is 0 Å². The van der Waals surface area contributed by atoms with Crippen LogP contribution in [0.2, 0.25) is 0 Å². The largest absolute Gasteiger partial charge is 0.310 e. The molecule has 1 aliphatic rings. The topological polar surface area (TPSA) is 39.1 Å². The zero-order chi connectivity index (χ0) is 15.1. The van der Waals surface area contributed by atoms with Gasteiger partial charge in [-0.1, -0.05) is 18.6 Å². The molecule has 1 N–H and O–H groups in total. The first kappa shape index (κ1) is 16.0. The molecule has 0 saturated carbocycles. The van der Waals surface area contributed by atoms with Crippen LogP contribution < -0.4 is 5.32 Å². The zero-order valence-corrected chi connectivity index (χ0v) is 13.3. The molecule has 21 heavy (non-hydrogen) atoms. The van der Waals surface area contributed by atoms with E-state index in [0.29, 0.717) is 6.04 Å². The van der Waals surface area contributed by atoms with Crippen molar-refractivity contribution in [3.63, 3.8) is 0 Å².